The molecule has 0 aliphatic heterocycles. The highest BCUT2D eigenvalue weighted by molar-refractivity contribution is 7.09. The van der Waals surface area contributed by atoms with Crippen LogP contribution in [0.15, 0.2) is 41.9 Å². The van der Waals surface area contributed by atoms with Gasteiger partial charge in [-0.25, -0.2) is 4.98 Å². The van der Waals surface area contributed by atoms with Crippen molar-refractivity contribution < 1.29 is 14.3 Å². The van der Waals surface area contributed by atoms with E-state index in [0.717, 1.165) is 57.0 Å². The average molecular weight is 466 g/mol. The first kappa shape index (κ1) is 23.4. The van der Waals surface area contributed by atoms with Crippen LogP contribution in [0.2, 0.25) is 0 Å². The number of primary amides is 1. The third-order valence-corrected chi connectivity index (χ3v) is 7.22. The van der Waals surface area contributed by atoms with Crippen molar-refractivity contribution in [1.29, 1.82) is 0 Å². The number of aromatic nitrogens is 1. The fourth-order valence-electron chi connectivity index (χ4n) is 4.71. The topological polar surface area (TPSA) is 85.5 Å². The van der Waals surface area contributed by atoms with Gasteiger partial charge in [0, 0.05) is 17.3 Å². The van der Waals surface area contributed by atoms with Crippen molar-refractivity contribution in [1.82, 2.24) is 9.88 Å². The number of aryl methyl sites for hydroxylation is 1. The Morgan fingerprint density at radius 2 is 2.03 bits per heavy atom. The largest absolute Gasteiger partial charge is 0.426 e. The Hall–Kier alpha value is -2.77. The number of hydrogen-bond acceptors (Lipinski definition) is 6. The van der Waals surface area contributed by atoms with Crippen molar-refractivity contribution in [3.05, 3.63) is 58.0 Å². The van der Waals surface area contributed by atoms with Crippen molar-refractivity contribution in [2.24, 2.45) is 5.73 Å². The van der Waals surface area contributed by atoms with E-state index in [9.17, 15) is 9.59 Å². The molecule has 2 N–H and O–H groups in total. The second-order valence-corrected chi connectivity index (χ2v) is 9.55. The molecule has 7 heteroatoms. The lowest BCUT2D eigenvalue weighted by Crippen LogP contribution is -2.40. The summed E-state index contributed by atoms with van der Waals surface area (Å²) in [6.45, 7) is 4.26. The number of amides is 1. The summed E-state index contributed by atoms with van der Waals surface area (Å²) < 4.78 is 5.56. The molecule has 3 aromatic rings. The molecule has 1 aliphatic rings. The molecule has 0 bridgehead atoms. The van der Waals surface area contributed by atoms with Crippen LogP contribution in [-0.4, -0.2) is 40.9 Å². The number of fused-ring (bicyclic) bond motifs is 2. The number of nitrogens with zero attached hydrogens (tertiary/aromatic N) is 2. The summed E-state index contributed by atoms with van der Waals surface area (Å²) in [5.74, 6) is -0.690. The first-order valence-corrected chi connectivity index (χ1v) is 12.6. The number of hydrogen-bond donors (Lipinski definition) is 1. The minimum absolute atomic E-state index is 0.237. The maximum absolute atomic E-state index is 12.5. The lowest BCUT2D eigenvalue weighted by Gasteiger charge is -2.33. The fraction of sp³-hybridized carbons (Fsp3) is 0.423. The molecule has 33 heavy (non-hydrogen) atoms. The van der Waals surface area contributed by atoms with Crippen LogP contribution in [-0.2, 0) is 17.6 Å². The van der Waals surface area contributed by atoms with Gasteiger partial charge in [0.25, 0.3) is 5.91 Å². The highest BCUT2D eigenvalue weighted by Crippen LogP contribution is 2.29. The lowest BCUT2D eigenvalue weighted by atomic mass is 9.95. The first-order valence-electron chi connectivity index (χ1n) is 11.7. The summed E-state index contributed by atoms with van der Waals surface area (Å²) in [4.78, 5) is 33.0. The molecule has 6 nitrogen and oxygen atoms in total. The molecule has 0 radical (unpaired) electrons. The van der Waals surface area contributed by atoms with Gasteiger partial charge in [-0.2, -0.15) is 0 Å². The summed E-state index contributed by atoms with van der Waals surface area (Å²) in [6, 6.07) is 11.5. The third kappa shape index (κ3) is 5.60. The standard InChI is InChI=1S/C26H31N3O3S/c1-2-14-29(19-11-12-21-23(16-19)33-17-28-21)15-6-5-9-24(30)32-22-13-10-18-7-3-4-8-20(18)25(22)26(27)31/h3-4,7-8,10,13,17,19H,2,5-6,9,11-12,14-16H2,1H3,(H2,27,31). The number of esters is 1. The fourth-order valence-corrected chi connectivity index (χ4v) is 5.59. The number of thiazole rings is 1. The van der Waals surface area contributed by atoms with Gasteiger partial charge >= 0.3 is 5.97 Å². The van der Waals surface area contributed by atoms with Crippen molar-refractivity contribution in [3.63, 3.8) is 0 Å². The zero-order chi connectivity index (χ0) is 23.2. The summed E-state index contributed by atoms with van der Waals surface area (Å²) in [6.07, 6.45) is 6.40. The zero-order valence-corrected chi connectivity index (χ0v) is 19.9. The minimum Gasteiger partial charge on any atom is -0.426 e. The van der Waals surface area contributed by atoms with E-state index in [1.807, 2.05) is 35.8 Å². The van der Waals surface area contributed by atoms with Gasteiger partial charge in [-0.1, -0.05) is 37.3 Å². The number of ether oxygens (including phenoxy) is 1. The molecule has 174 valence electrons. The molecule has 0 saturated carbocycles. The second kappa shape index (κ2) is 10.9. The maximum Gasteiger partial charge on any atom is 0.311 e. The third-order valence-electron chi connectivity index (χ3n) is 6.33. The van der Waals surface area contributed by atoms with Gasteiger partial charge in [-0.15, -0.1) is 11.3 Å². The van der Waals surface area contributed by atoms with E-state index >= 15 is 0 Å². The van der Waals surface area contributed by atoms with E-state index in [0.29, 0.717) is 17.8 Å². The summed E-state index contributed by atoms with van der Waals surface area (Å²) in [5, 5.41) is 1.58. The normalized spacial score (nSPS) is 15.5. The Morgan fingerprint density at radius 1 is 1.18 bits per heavy atom. The molecule has 0 saturated heterocycles. The van der Waals surface area contributed by atoms with Crippen LogP contribution in [0.5, 0.6) is 5.75 Å². The van der Waals surface area contributed by atoms with E-state index in [1.54, 1.807) is 17.4 Å². The number of carbonyl (C=O) groups is 2. The van der Waals surface area contributed by atoms with E-state index in [1.165, 1.54) is 10.6 Å². The van der Waals surface area contributed by atoms with Crippen LogP contribution in [0.4, 0.5) is 0 Å². The number of nitrogens with two attached hydrogens (primary N) is 1. The van der Waals surface area contributed by atoms with Crippen LogP contribution in [0.1, 0.15) is 60.0 Å². The number of benzene rings is 2. The van der Waals surface area contributed by atoms with E-state index < -0.39 is 5.91 Å². The summed E-state index contributed by atoms with van der Waals surface area (Å²) >= 11 is 1.77. The Bertz CT molecular complexity index is 1130. The predicted octanol–water partition coefficient (Wildman–Crippen LogP) is 4.74. The van der Waals surface area contributed by atoms with Crippen LogP contribution in [0.25, 0.3) is 10.8 Å². The Kier molecular flexibility index (Phi) is 7.73. The van der Waals surface area contributed by atoms with E-state index in [4.69, 9.17) is 10.5 Å². The lowest BCUT2D eigenvalue weighted by molar-refractivity contribution is -0.134. The quantitative estimate of drug-likeness (QED) is 0.266. The van der Waals surface area contributed by atoms with Crippen molar-refractivity contribution >= 4 is 34.0 Å². The van der Waals surface area contributed by atoms with Gasteiger partial charge in [0.1, 0.15) is 5.75 Å². The number of unbranched alkanes of at least 4 members (excludes halogenated alkanes) is 1. The van der Waals surface area contributed by atoms with Crippen molar-refractivity contribution in [3.8, 4) is 5.75 Å². The predicted molar refractivity (Wildman–Crippen MR) is 132 cm³/mol. The average Bonchev–Trinajstić information content (AvgIpc) is 3.28. The monoisotopic (exact) mass is 465 g/mol. The number of carbonyl (C=O) groups excluding carboxylic acids is 2. The van der Waals surface area contributed by atoms with Gasteiger partial charge in [0.05, 0.1) is 16.8 Å². The highest BCUT2D eigenvalue weighted by atomic mass is 32.1. The molecule has 4 rings (SSSR count). The Balaban J connectivity index is 1.30. The second-order valence-electron chi connectivity index (χ2n) is 8.61. The molecule has 1 unspecified atom stereocenters. The van der Waals surface area contributed by atoms with Gasteiger partial charge in [0.2, 0.25) is 0 Å². The van der Waals surface area contributed by atoms with Crippen molar-refractivity contribution in [2.45, 2.75) is 57.9 Å². The Labute approximate surface area is 198 Å². The molecule has 1 amide bonds. The van der Waals surface area contributed by atoms with E-state index in [2.05, 4.69) is 16.8 Å². The first-order chi connectivity index (χ1) is 16.1. The van der Waals surface area contributed by atoms with Gasteiger partial charge in [-0.05, 0) is 68.5 Å². The van der Waals surface area contributed by atoms with Crippen LogP contribution in [0, 0.1) is 0 Å². The molecule has 1 heterocycles. The van der Waals surface area contributed by atoms with E-state index in [-0.39, 0.29) is 17.3 Å². The molecule has 1 aromatic heterocycles. The highest BCUT2D eigenvalue weighted by Gasteiger charge is 2.25. The molecule has 0 fully saturated rings. The molecule has 2 aromatic carbocycles. The summed E-state index contributed by atoms with van der Waals surface area (Å²) in [7, 11) is 0. The van der Waals surface area contributed by atoms with Crippen LogP contribution >= 0.6 is 11.3 Å². The molecular formula is C26H31N3O3S. The minimum atomic E-state index is -0.596. The zero-order valence-electron chi connectivity index (χ0n) is 19.1. The molecular weight excluding hydrogens is 434 g/mol. The smallest absolute Gasteiger partial charge is 0.311 e. The van der Waals surface area contributed by atoms with Crippen molar-refractivity contribution in [2.75, 3.05) is 13.1 Å². The number of rotatable bonds is 10. The molecule has 1 atom stereocenters. The molecule has 1 aliphatic carbocycles. The Morgan fingerprint density at radius 3 is 2.85 bits per heavy atom. The molecule has 0 spiro atoms. The van der Waals surface area contributed by atoms with Gasteiger partial charge < -0.3 is 15.4 Å². The van der Waals surface area contributed by atoms with Crippen LogP contribution in [0.3, 0.4) is 0 Å². The SMILES string of the molecule is CCCN(CCCCC(=O)Oc1ccc2ccccc2c1C(N)=O)C1CCc2ncsc2C1. The van der Waals surface area contributed by atoms with Gasteiger partial charge in [0.15, 0.2) is 0 Å². The van der Waals surface area contributed by atoms with Gasteiger partial charge in [-0.3, -0.25) is 9.59 Å². The van der Waals surface area contributed by atoms with Crippen LogP contribution < -0.4 is 10.5 Å². The maximum atomic E-state index is 12.5. The summed E-state index contributed by atoms with van der Waals surface area (Å²) in [5.41, 5.74) is 9.09.